The summed E-state index contributed by atoms with van der Waals surface area (Å²) >= 11 is -2.21. The van der Waals surface area contributed by atoms with E-state index in [0.29, 0.717) is 16.8 Å². The third kappa shape index (κ3) is 3.38. The van der Waals surface area contributed by atoms with Gasteiger partial charge in [-0.25, -0.2) is 4.21 Å². The highest BCUT2D eigenvalue weighted by atomic mass is 32.2. The van der Waals surface area contributed by atoms with Gasteiger partial charge in [0.25, 0.3) is 5.69 Å². The Labute approximate surface area is 117 Å². The SMILES string of the molecule is O=[N+]([O-])c1cccc(-c2ccccc2NNS(=O)O)c1. The standard InChI is InChI=1S/C12H11N3O4S/c16-15(17)10-5-3-4-9(8-10)11-6-1-2-7-12(11)13-14-20(18)19/h1-8,13-14H,(H,18,19). The minimum Gasteiger partial charge on any atom is -0.308 e. The fraction of sp³-hybridized carbons (Fsp3) is 0. The van der Waals surface area contributed by atoms with Gasteiger partial charge in [-0.2, -0.15) is 0 Å². The molecule has 0 aromatic heterocycles. The number of anilines is 1. The third-order valence-electron chi connectivity index (χ3n) is 2.57. The van der Waals surface area contributed by atoms with Gasteiger partial charge in [0, 0.05) is 17.7 Å². The van der Waals surface area contributed by atoms with Crippen molar-refractivity contribution in [2.45, 2.75) is 0 Å². The van der Waals surface area contributed by atoms with Gasteiger partial charge in [0.05, 0.1) is 10.6 Å². The minimum absolute atomic E-state index is 0.0176. The third-order valence-corrected chi connectivity index (χ3v) is 2.84. The maximum Gasteiger partial charge on any atom is 0.270 e. The van der Waals surface area contributed by atoms with Crippen molar-refractivity contribution in [2.75, 3.05) is 5.43 Å². The van der Waals surface area contributed by atoms with Crippen LogP contribution >= 0.6 is 0 Å². The Morgan fingerprint density at radius 3 is 2.60 bits per heavy atom. The van der Waals surface area contributed by atoms with Crippen molar-refractivity contribution < 1.29 is 13.7 Å². The average molecular weight is 293 g/mol. The summed E-state index contributed by atoms with van der Waals surface area (Å²) in [6.45, 7) is 0. The van der Waals surface area contributed by atoms with Crippen LogP contribution in [0.4, 0.5) is 11.4 Å². The highest BCUT2D eigenvalue weighted by Gasteiger charge is 2.10. The van der Waals surface area contributed by atoms with Gasteiger partial charge in [-0.05, 0) is 11.6 Å². The number of hydrogen-bond donors (Lipinski definition) is 3. The molecule has 0 saturated heterocycles. The molecule has 2 aromatic carbocycles. The van der Waals surface area contributed by atoms with E-state index in [2.05, 4.69) is 10.3 Å². The molecule has 0 spiro atoms. The van der Waals surface area contributed by atoms with Crippen LogP contribution in [0.25, 0.3) is 11.1 Å². The lowest BCUT2D eigenvalue weighted by Crippen LogP contribution is -2.23. The first-order chi connectivity index (χ1) is 9.58. The molecular formula is C12H11N3O4S. The number of nitrogens with zero attached hydrogens (tertiary/aromatic N) is 1. The average Bonchev–Trinajstić information content (AvgIpc) is 2.45. The van der Waals surface area contributed by atoms with Gasteiger partial charge < -0.3 is 5.43 Å². The van der Waals surface area contributed by atoms with Crippen molar-refractivity contribution >= 4 is 22.6 Å². The number of hydrogen-bond acceptors (Lipinski definition) is 4. The molecule has 0 radical (unpaired) electrons. The number of nitro groups is 1. The van der Waals surface area contributed by atoms with Crippen LogP contribution in [0.3, 0.4) is 0 Å². The monoisotopic (exact) mass is 293 g/mol. The van der Waals surface area contributed by atoms with Gasteiger partial charge in [-0.15, -0.1) is 4.83 Å². The highest BCUT2D eigenvalue weighted by molar-refractivity contribution is 7.77. The molecule has 0 aliphatic heterocycles. The number of hydrazine groups is 1. The van der Waals surface area contributed by atoms with Gasteiger partial charge in [0.15, 0.2) is 0 Å². The second-order valence-electron chi connectivity index (χ2n) is 3.83. The van der Waals surface area contributed by atoms with Crippen LogP contribution in [0, 0.1) is 10.1 Å². The van der Waals surface area contributed by atoms with Gasteiger partial charge in [0.1, 0.15) is 0 Å². The summed E-state index contributed by atoms with van der Waals surface area (Å²) in [7, 11) is 0. The molecule has 2 aromatic rings. The van der Waals surface area contributed by atoms with Crippen molar-refractivity contribution in [3.63, 3.8) is 0 Å². The first kappa shape index (κ1) is 14.1. The van der Waals surface area contributed by atoms with E-state index in [1.165, 1.54) is 12.1 Å². The van der Waals surface area contributed by atoms with E-state index < -0.39 is 16.2 Å². The van der Waals surface area contributed by atoms with E-state index in [4.69, 9.17) is 4.55 Å². The largest absolute Gasteiger partial charge is 0.308 e. The minimum atomic E-state index is -2.21. The zero-order valence-electron chi connectivity index (χ0n) is 10.1. The molecule has 7 nitrogen and oxygen atoms in total. The molecule has 8 heteroatoms. The summed E-state index contributed by atoms with van der Waals surface area (Å²) in [6, 6.07) is 13.1. The summed E-state index contributed by atoms with van der Waals surface area (Å²) in [5, 5.41) is 10.8. The summed E-state index contributed by atoms with van der Waals surface area (Å²) in [6.07, 6.45) is 0. The summed E-state index contributed by atoms with van der Waals surface area (Å²) in [5.41, 5.74) is 4.42. The molecule has 0 aliphatic rings. The fourth-order valence-corrected chi connectivity index (χ4v) is 1.93. The Morgan fingerprint density at radius 2 is 1.90 bits per heavy atom. The van der Waals surface area contributed by atoms with Gasteiger partial charge >= 0.3 is 0 Å². The topological polar surface area (TPSA) is 105 Å². The maximum atomic E-state index is 10.8. The van der Waals surface area contributed by atoms with Crippen molar-refractivity contribution in [1.29, 1.82) is 0 Å². The zero-order valence-corrected chi connectivity index (χ0v) is 11.0. The molecule has 0 heterocycles. The van der Waals surface area contributed by atoms with Crippen molar-refractivity contribution in [3.05, 3.63) is 58.6 Å². The molecule has 0 aliphatic carbocycles. The van der Waals surface area contributed by atoms with Crippen LogP contribution in [0.15, 0.2) is 48.5 Å². The van der Waals surface area contributed by atoms with Crippen molar-refractivity contribution in [1.82, 2.24) is 4.83 Å². The van der Waals surface area contributed by atoms with Crippen LogP contribution in [0.1, 0.15) is 0 Å². The fourth-order valence-electron chi connectivity index (χ4n) is 1.73. The number of non-ortho nitro benzene ring substituents is 1. The first-order valence-corrected chi connectivity index (χ1v) is 6.65. The van der Waals surface area contributed by atoms with E-state index in [-0.39, 0.29) is 5.69 Å². The number of rotatable bonds is 5. The van der Waals surface area contributed by atoms with E-state index >= 15 is 0 Å². The predicted molar refractivity (Wildman–Crippen MR) is 76.1 cm³/mol. The van der Waals surface area contributed by atoms with Gasteiger partial charge in [-0.3, -0.25) is 14.7 Å². The number of benzene rings is 2. The number of nitro benzene ring substituents is 1. The van der Waals surface area contributed by atoms with E-state index in [0.717, 1.165) is 0 Å². The van der Waals surface area contributed by atoms with E-state index in [9.17, 15) is 14.3 Å². The Morgan fingerprint density at radius 1 is 1.15 bits per heavy atom. The molecule has 0 saturated carbocycles. The Balaban J connectivity index is 2.39. The van der Waals surface area contributed by atoms with E-state index in [1.807, 2.05) is 0 Å². The first-order valence-electron chi connectivity index (χ1n) is 5.54. The molecule has 3 N–H and O–H groups in total. The second-order valence-corrected chi connectivity index (χ2v) is 4.53. The normalized spacial score (nSPS) is 11.8. The Kier molecular flexibility index (Phi) is 4.41. The molecule has 20 heavy (non-hydrogen) atoms. The molecule has 0 bridgehead atoms. The summed E-state index contributed by atoms with van der Waals surface area (Å²) in [5.74, 6) is 0. The van der Waals surface area contributed by atoms with E-state index in [1.54, 1.807) is 36.4 Å². The molecular weight excluding hydrogens is 282 g/mol. The zero-order chi connectivity index (χ0) is 14.5. The van der Waals surface area contributed by atoms with Crippen LogP contribution in [0.2, 0.25) is 0 Å². The maximum absolute atomic E-state index is 10.8. The smallest absolute Gasteiger partial charge is 0.270 e. The number of para-hydroxylation sites is 1. The summed E-state index contributed by atoms with van der Waals surface area (Å²) in [4.78, 5) is 12.5. The van der Waals surface area contributed by atoms with Crippen molar-refractivity contribution in [3.8, 4) is 11.1 Å². The molecule has 1 atom stereocenters. The Bertz CT molecular complexity index is 663. The number of nitrogens with one attached hydrogen (secondary N) is 2. The predicted octanol–water partition coefficient (Wildman–Crippen LogP) is 2.31. The lowest BCUT2D eigenvalue weighted by Gasteiger charge is -2.11. The molecule has 2 rings (SSSR count). The van der Waals surface area contributed by atoms with Gasteiger partial charge in [-0.1, -0.05) is 30.3 Å². The Hall–Kier alpha value is -2.29. The highest BCUT2D eigenvalue weighted by Crippen LogP contribution is 2.29. The molecule has 0 amide bonds. The van der Waals surface area contributed by atoms with Crippen molar-refractivity contribution in [2.24, 2.45) is 0 Å². The second kappa shape index (κ2) is 6.24. The van der Waals surface area contributed by atoms with Crippen LogP contribution in [-0.4, -0.2) is 13.7 Å². The molecule has 1 unspecified atom stereocenters. The molecule has 104 valence electrons. The summed E-state index contributed by atoms with van der Waals surface area (Å²) < 4.78 is 19.3. The lowest BCUT2D eigenvalue weighted by molar-refractivity contribution is -0.384. The van der Waals surface area contributed by atoms with Gasteiger partial charge in [0.2, 0.25) is 11.3 Å². The van der Waals surface area contributed by atoms with Crippen LogP contribution < -0.4 is 10.3 Å². The van der Waals surface area contributed by atoms with Crippen LogP contribution in [0.5, 0.6) is 0 Å². The van der Waals surface area contributed by atoms with Crippen LogP contribution in [-0.2, 0) is 11.3 Å². The molecule has 0 fully saturated rings. The lowest BCUT2D eigenvalue weighted by atomic mass is 10.0. The quantitative estimate of drug-likeness (QED) is 0.446.